The summed E-state index contributed by atoms with van der Waals surface area (Å²) >= 11 is 0. The number of hydrogen-bond acceptors (Lipinski definition) is 4. The van der Waals surface area contributed by atoms with E-state index in [0.29, 0.717) is 30.0 Å². The first-order chi connectivity index (χ1) is 15.9. The van der Waals surface area contributed by atoms with Crippen molar-refractivity contribution in [3.05, 3.63) is 65.2 Å². The summed E-state index contributed by atoms with van der Waals surface area (Å²) in [6.07, 6.45) is 3.23. The van der Waals surface area contributed by atoms with E-state index in [1.807, 2.05) is 17.0 Å². The summed E-state index contributed by atoms with van der Waals surface area (Å²) in [5.74, 6) is 0.0477. The van der Waals surface area contributed by atoms with Crippen LogP contribution in [0.25, 0.3) is 0 Å². The molecule has 176 valence electrons. The van der Waals surface area contributed by atoms with E-state index < -0.39 is 5.91 Å². The van der Waals surface area contributed by atoms with Crippen LogP contribution in [0.2, 0.25) is 0 Å². The van der Waals surface area contributed by atoms with Crippen LogP contribution in [0.5, 0.6) is 5.75 Å². The number of piperidine rings is 1. The summed E-state index contributed by atoms with van der Waals surface area (Å²) in [5.41, 5.74) is 7.08. The first-order valence-electron chi connectivity index (χ1n) is 11.6. The Morgan fingerprint density at radius 2 is 1.76 bits per heavy atom. The minimum absolute atomic E-state index is 0.0469. The molecular weight excluding hydrogens is 418 g/mol. The molecule has 0 aromatic heterocycles. The highest BCUT2D eigenvalue weighted by Crippen LogP contribution is 2.20. The number of nitrogens with two attached hydrogens (primary N) is 1. The van der Waals surface area contributed by atoms with Crippen molar-refractivity contribution in [1.29, 1.82) is 0 Å². The SMILES string of the molecule is CCC(CC)C(=O)N1CCC(NC(=O)c2cccc(COc3ccccc3C(N)=O)c2)CC1. The van der Waals surface area contributed by atoms with Crippen molar-refractivity contribution in [2.75, 3.05) is 13.1 Å². The van der Waals surface area contributed by atoms with Crippen LogP contribution in [0.4, 0.5) is 0 Å². The van der Waals surface area contributed by atoms with Gasteiger partial charge in [0.1, 0.15) is 12.4 Å². The van der Waals surface area contributed by atoms with Crippen LogP contribution in [-0.2, 0) is 11.4 Å². The summed E-state index contributed by atoms with van der Waals surface area (Å²) in [4.78, 5) is 38.9. The van der Waals surface area contributed by atoms with Crippen molar-refractivity contribution < 1.29 is 19.1 Å². The minimum atomic E-state index is -0.550. The van der Waals surface area contributed by atoms with Gasteiger partial charge >= 0.3 is 0 Å². The summed E-state index contributed by atoms with van der Waals surface area (Å²) < 4.78 is 5.77. The van der Waals surface area contributed by atoms with E-state index in [-0.39, 0.29) is 30.4 Å². The number of hydrogen-bond donors (Lipinski definition) is 2. The molecule has 2 aromatic rings. The van der Waals surface area contributed by atoms with Crippen LogP contribution in [-0.4, -0.2) is 41.8 Å². The fourth-order valence-corrected chi connectivity index (χ4v) is 4.17. The zero-order valence-electron chi connectivity index (χ0n) is 19.4. The minimum Gasteiger partial charge on any atom is -0.488 e. The van der Waals surface area contributed by atoms with Crippen LogP contribution in [0.1, 0.15) is 65.8 Å². The molecule has 0 saturated carbocycles. The van der Waals surface area contributed by atoms with Crippen molar-refractivity contribution in [2.45, 2.75) is 52.2 Å². The van der Waals surface area contributed by atoms with Crippen LogP contribution in [0.15, 0.2) is 48.5 Å². The average molecular weight is 452 g/mol. The normalized spacial score (nSPS) is 14.2. The lowest BCUT2D eigenvalue weighted by Crippen LogP contribution is -2.48. The molecule has 1 aliphatic rings. The summed E-state index contributed by atoms with van der Waals surface area (Å²) in [5, 5.41) is 3.10. The van der Waals surface area contributed by atoms with Gasteiger partial charge in [-0.05, 0) is 55.5 Å². The highest BCUT2D eigenvalue weighted by atomic mass is 16.5. The maximum absolute atomic E-state index is 12.8. The monoisotopic (exact) mass is 451 g/mol. The Bertz CT molecular complexity index is 979. The molecule has 0 bridgehead atoms. The second-order valence-electron chi connectivity index (χ2n) is 8.44. The van der Waals surface area contributed by atoms with E-state index in [0.717, 1.165) is 31.2 Å². The number of nitrogens with zero attached hydrogens (tertiary/aromatic N) is 1. The van der Waals surface area contributed by atoms with Gasteiger partial charge in [-0.15, -0.1) is 0 Å². The van der Waals surface area contributed by atoms with Crippen LogP contribution < -0.4 is 15.8 Å². The molecule has 2 aromatic carbocycles. The van der Waals surface area contributed by atoms with Gasteiger partial charge in [0.15, 0.2) is 0 Å². The summed E-state index contributed by atoms with van der Waals surface area (Å²) in [6.45, 7) is 5.66. The Morgan fingerprint density at radius 1 is 1.06 bits per heavy atom. The van der Waals surface area contributed by atoms with Crippen LogP contribution in [0, 0.1) is 5.92 Å². The molecule has 1 saturated heterocycles. The third kappa shape index (κ3) is 6.34. The number of ether oxygens (including phenoxy) is 1. The van der Waals surface area contributed by atoms with Crippen molar-refractivity contribution in [1.82, 2.24) is 10.2 Å². The number of primary amides is 1. The standard InChI is InChI=1S/C26H33N3O4/c1-3-19(4-2)26(32)29-14-12-21(13-15-29)28-25(31)20-9-7-8-18(16-20)17-33-23-11-6-5-10-22(23)24(27)30/h5-11,16,19,21H,3-4,12-15,17H2,1-2H3,(H2,27,30)(H,28,31). The molecule has 0 spiro atoms. The third-order valence-corrected chi connectivity index (χ3v) is 6.21. The van der Waals surface area contributed by atoms with Crippen molar-refractivity contribution in [3.63, 3.8) is 0 Å². The van der Waals surface area contributed by atoms with Crippen molar-refractivity contribution in [3.8, 4) is 5.75 Å². The van der Waals surface area contributed by atoms with Crippen LogP contribution in [0.3, 0.4) is 0 Å². The number of amides is 3. The van der Waals surface area contributed by atoms with Gasteiger partial charge in [0.05, 0.1) is 5.56 Å². The van der Waals surface area contributed by atoms with E-state index in [4.69, 9.17) is 10.5 Å². The molecule has 7 heteroatoms. The number of nitrogens with one attached hydrogen (secondary N) is 1. The second kappa shape index (κ2) is 11.5. The molecule has 1 fully saturated rings. The lowest BCUT2D eigenvalue weighted by atomic mass is 9.98. The Kier molecular flexibility index (Phi) is 8.46. The molecular formula is C26H33N3O4. The molecule has 3 rings (SSSR count). The van der Waals surface area contributed by atoms with Gasteiger partial charge in [0.25, 0.3) is 11.8 Å². The summed E-state index contributed by atoms with van der Waals surface area (Å²) in [6, 6.07) is 14.1. The summed E-state index contributed by atoms with van der Waals surface area (Å²) in [7, 11) is 0. The smallest absolute Gasteiger partial charge is 0.252 e. The van der Waals surface area contributed by atoms with E-state index in [9.17, 15) is 14.4 Å². The molecule has 7 nitrogen and oxygen atoms in total. The van der Waals surface area contributed by atoms with Gasteiger partial charge in [-0.25, -0.2) is 0 Å². The van der Waals surface area contributed by atoms with E-state index in [2.05, 4.69) is 19.2 Å². The fourth-order valence-electron chi connectivity index (χ4n) is 4.17. The number of carbonyl (C=O) groups is 3. The lowest BCUT2D eigenvalue weighted by Gasteiger charge is -2.34. The number of likely N-dealkylation sites (tertiary alicyclic amines) is 1. The lowest BCUT2D eigenvalue weighted by molar-refractivity contribution is -0.136. The maximum Gasteiger partial charge on any atom is 0.252 e. The molecule has 3 amide bonds. The number of benzene rings is 2. The third-order valence-electron chi connectivity index (χ3n) is 6.21. The van der Waals surface area contributed by atoms with E-state index >= 15 is 0 Å². The second-order valence-corrected chi connectivity index (χ2v) is 8.44. The average Bonchev–Trinajstić information content (AvgIpc) is 2.84. The van der Waals surface area contributed by atoms with Gasteiger partial charge < -0.3 is 20.7 Å². The Balaban J connectivity index is 1.54. The van der Waals surface area contributed by atoms with Crippen molar-refractivity contribution >= 4 is 17.7 Å². The largest absolute Gasteiger partial charge is 0.488 e. The highest BCUT2D eigenvalue weighted by Gasteiger charge is 2.27. The molecule has 0 atom stereocenters. The zero-order chi connectivity index (χ0) is 23.8. The molecule has 33 heavy (non-hydrogen) atoms. The van der Waals surface area contributed by atoms with E-state index in [1.54, 1.807) is 36.4 Å². The number of carbonyl (C=O) groups excluding carboxylic acids is 3. The quantitative estimate of drug-likeness (QED) is 0.609. The molecule has 0 unspecified atom stereocenters. The topological polar surface area (TPSA) is 102 Å². The highest BCUT2D eigenvalue weighted by molar-refractivity contribution is 5.95. The molecule has 0 radical (unpaired) electrons. The van der Waals surface area contributed by atoms with Gasteiger partial charge in [0, 0.05) is 30.6 Å². The van der Waals surface area contributed by atoms with E-state index in [1.165, 1.54) is 0 Å². The Morgan fingerprint density at radius 3 is 2.42 bits per heavy atom. The maximum atomic E-state index is 12.8. The van der Waals surface area contributed by atoms with Crippen LogP contribution >= 0.6 is 0 Å². The van der Waals surface area contributed by atoms with Crippen molar-refractivity contribution in [2.24, 2.45) is 11.7 Å². The van der Waals surface area contributed by atoms with Gasteiger partial charge in [0.2, 0.25) is 5.91 Å². The molecule has 0 aliphatic carbocycles. The number of para-hydroxylation sites is 1. The van der Waals surface area contributed by atoms with Gasteiger partial charge in [-0.2, -0.15) is 0 Å². The van der Waals surface area contributed by atoms with Gasteiger partial charge in [-0.3, -0.25) is 14.4 Å². The molecule has 1 heterocycles. The fraction of sp³-hybridized carbons (Fsp3) is 0.423. The first kappa shape index (κ1) is 24.3. The number of rotatable bonds is 9. The Hall–Kier alpha value is -3.35. The first-order valence-corrected chi connectivity index (χ1v) is 11.6. The Labute approximate surface area is 195 Å². The zero-order valence-corrected chi connectivity index (χ0v) is 19.4. The predicted octanol–water partition coefficient (Wildman–Crippen LogP) is 3.52. The van der Waals surface area contributed by atoms with Gasteiger partial charge in [-0.1, -0.05) is 38.1 Å². The predicted molar refractivity (Wildman–Crippen MR) is 127 cm³/mol. The molecule has 1 aliphatic heterocycles. The molecule has 3 N–H and O–H groups in total.